The van der Waals surface area contributed by atoms with Gasteiger partial charge in [0.05, 0.1) is 10.0 Å². The molecule has 0 aliphatic heterocycles. The number of nitrogens with zero attached hydrogens (tertiary/aromatic N) is 1. The molecule has 0 atom stereocenters. The normalized spacial score (nSPS) is 11.5. The number of anilines is 2. The van der Waals surface area contributed by atoms with E-state index in [1.165, 1.54) is 46.5 Å². The van der Waals surface area contributed by atoms with Crippen LogP contribution in [0.15, 0.2) is 103 Å². The van der Waals surface area contributed by atoms with Crippen molar-refractivity contribution in [1.29, 1.82) is 0 Å². The summed E-state index contributed by atoms with van der Waals surface area (Å²) >= 11 is 3.73. The van der Waals surface area contributed by atoms with E-state index in [0.29, 0.717) is 0 Å². The minimum absolute atomic E-state index is 0.852. The van der Waals surface area contributed by atoms with Gasteiger partial charge in [0.1, 0.15) is 0 Å². The Hall–Kier alpha value is -3.14. The zero-order valence-electron chi connectivity index (χ0n) is 16.3. The van der Waals surface area contributed by atoms with Crippen molar-refractivity contribution in [2.24, 2.45) is 0 Å². The Labute approximate surface area is 183 Å². The maximum Gasteiger partial charge on any atom is 0.0974 e. The van der Waals surface area contributed by atoms with Crippen molar-refractivity contribution in [3.05, 3.63) is 109 Å². The summed E-state index contributed by atoms with van der Waals surface area (Å²) in [6, 6.07) is 37.4. The maximum absolute atomic E-state index is 2.47. The molecule has 0 radical (unpaired) electrons. The molecule has 2 aromatic heterocycles. The first-order chi connectivity index (χ1) is 14.8. The standard InChI is InChI=1S/C27H19NS2/c1-2-8-21-15-19(13-14-20(21)7-1)18-28(26-16-22-9-3-5-11-24(22)29-26)27-17-23-10-4-6-12-25(23)30-27/h1-17H,18H2. The van der Waals surface area contributed by atoms with Gasteiger partial charge in [-0.15, -0.1) is 22.7 Å². The predicted octanol–water partition coefficient (Wildman–Crippen LogP) is 8.61. The lowest BCUT2D eigenvalue weighted by atomic mass is 10.1. The van der Waals surface area contributed by atoms with E-state index in [-0.39, 0.29) is 0 Å². The molecule has 0 spiro atoms. The lowest BCUT2D eigenvalue weighted by molar-refractivity contribution is 1.00. The monoisotopic (exact) mass is 421 g/mol. The van der Waals surface area contributed by atoms with Crippen LogP contribution in [0.2, 0.25) is 0 Å². The maximum atomic E-state index is 2.47. The van der Waals surface area contributed by atoms with E-state index in [1.807, 2.05) is 22.7 Å². The minimum atomic E-state index is 0.852. The van der Waals surface area contributed by atoms with Gasteiger partial charge in [0, 0.05) is 15.9 Å². The SMILES string of the molecule is c1ccc2cc(CN(c3cc4ccccc4s3)c3cc4ccccc4s3)ccc2c1. The lowest BCUT2D eigenvalue weighted by Crippen LogP contribution is -2.13. The predicted molar refractivity (Wildman–Crippen MR) is 133 cm³/mol. The van der Waals surface area contributed by atoms with Gasteiger partial charge < -0.3 is 4.90 Å². The van der Waals surface area contributed by atoms with Gasteiger partial charge in [0.25, 0.3) is 0 Å². The van der Waals surface area contributed by atoms with Crippen molar-refractivity contribution in [2.75, 3.05) is 4.90 Å². The second-order valence-electron chi connectivity index (χ2n) is 7.51. The van der Waals surface area contributed by atoms with E-state index in [9.17, 15) is 0 Å². The van der Waals surface area contributed by atoms with Crippen LogP contribution in [0.1, 0.15) is 5.56 Å². The minimum Gasteiger partial charge on any atom is -0.320 e. The fourth-order valence-electron chi connectivity index (χ4n) is 3.99. The van der Waals surface area contributed by atoms with Crippen LogP contribution in [0.5, 0.6) is 0 Å². The molecule has 0 fully saturated rings. The molecule has 0 saturated heterocycles. The van der Waals surface area contributed by atoms with Gasteiger partial charge in [-0.2, -0.15) is 0 Å². The Kier molecular flexibility index (Phi) is 4.29. The van der Waals surface area contributed by atoms with Gasteiger partial charge in [0.15, 0.2) is 0 Å². The van der Waals surface area contributed by atoms with Gasteiger partial charge in [-0.05, 0) is 57.4 Å². The van der Waals surface area contributed by atoms with Gasteiger partial charge in [-0.1, -0.05) is 72.8 Å². The molecule has 0 bridgehead atoms. The van der Waals surface area contributed by atoms with E-state index in [1.54, 1.807) is 0 Å². The molecule has 0 N–H and O–H groups in total. The number of benzene rings is 4. The average molecular weight is 422 g/mol. The molecule has 0 aliphatic rings. The van der Waals surface area contributed by atoms with Crippen LogP contribution in [-0.2, 0) is 6.54 Å². The van der Waals surface area contributed by atoms with E-state index in [4.69, 9.17) is 0 Å². The molecule has 0 unspecified atom stereocenters. The number of rotatable bonds is 4. The van der Waals surface area contributed by atoms with Crippen LogP contribution in [-0.4, -0.2) is 0 Å². The van der Waals surface area contributed by atoms with Crippen LogP contribution < -0.4 is 4.90 Å². The zero-order valence-corrected chi connectivity index (χ0v) is 17.9. The van der Waals surface area contributed by atoms with Crippen LogP contribution in [0.4, 0.5) is 10.0 Å². The van der Waals surface area contributed by atoms with E-state index < -0.39 is 0 Å². The molecule has 6 aromatic rings. The molecule has 0 aliphatic carbocycles. The van der Waals surface area contributed by atoms with Gasteiger partial charge in [-0.25, -0.2) is 0 Å². The quantitative estimate of drug-likeness (QED) is 0.275. The summed E-state index contributed by atoms with van der Waals surface area (Å²) in [5.41, 5.74) is 1.32. The summed E-state index contributed by atoms with van der Waals surface area (Å²) < 4.78 is 2.66. The van der Waals surface area contributed by atoms with Crippen molar-refractivity contribution in [3.8, 4) is 0 Å². The van der Waals surface area contributed by atoms with E-state index in [2.05, 4.69) is 108 Å². The second kappa shape index (κ2) is 7.28. The summed E-state index contributed by atoms with van der Waals surface area (Å²) in [7, 11) is 0. The number of hydrogen-bond donors (Lipinski definition) is 0. The molecule has 3 heteroatoms. The largest absolute Gasteiger partial charge is 0.320 e. The molecular formula is C27H19NS2. The molecule has 144 valence electrons. The van der Waals surface area contributed by atoms with E-state index >= 15 is 0 Å². The highest BCUT2D eigenvalue weighted by atomic mass is 32.1. The Balaban J connectivity index is 1.48. The smallest absolute Gasteiger partial charge is 0.0974 e. The third-order valence-electron chi connectivity index (χ3n) is 5.51. The number of thiophene rings is 2. The van der Waals surface area contributed by atoms with Crippen LogP contribution in [0.3, 0.4) is 0 Å². The third-order valence-corrected chi connectivity index (χ3v) is 7.79. The molecule has 0 saturated carbocycles. The Morgan fingerprint density at radius 1 is 0.500 bits per heavy atom. The topological polar surface area (TPSA) is 3.24 Å². The van der Waals surface area contributed by atoms with Gasteiger partial charge >= 0.3 is 0 Å². The van der Waals surface area contributed by atoms with Crippen molar-refractivity contribution in [2.45, 2.75) is 6.54 Å². The zero-order chi connectivity index (χ0) is 19.9. The second-order valence-corrected chi connectivity index (χ2v) is 9.64. The summed E-state index contributed by atoms with van der Waals surface area (Å²) in [5.74, 6) is 0. The van der Waals surface area contributed by atoms with E-state index in [0.717, 1.165) is 6.54 Å². The first-order valence-electron chi connectivity index (χ1n) is 10.1. The highest BCUT2D eigenvalue weighted by molar-refractivity contribution is 7.25. The van der Waals surface area contributed by atoms with Crippen molar-refractivity contribution in [1.82, 2.24) is 0 Å². The third kappa shape index (κ3) is 3.17. The molecule has 30 heavy (non-hydrogen) atoms. The fourth-order valence-corrected chi connectivity index (χ4v) is 6.20. The molecular weight excluding hydrogens is 402 g/mol. The number of fused-ring (bicyclic) bond motifs is 3. The summed E-state index contributed by atoms with van der Waals surface area (Å²) in [4.78, 5) is 2.47. The Bertz CT molecular complexity index is 1350. The number of hydrogen-bond acceptors (Lipinski definition) is 3. The van der Waals surface area contributed by atoms with Crippen LogP contribution >= 0.6 is 22.7 Å². The summed E-state index contributed by atoms with van der Waals surface area (Å²) in [6.45, 7) is 0.852. The van der Waals surface area contributed by atoms with Gasteiger partial charge in [0.2, 0.25) is 0 Å². The van der Waals surface area contributed by atoms with Crippen molar-refractivity contribution >= 4 is 63.6 Å². The van der Waals surface area contributed by atoms with Gasteiger partial charge in [-0.3, -0.25) is 0 Å². The molecule has 0 amide bonds. The highest BCUT2D eigenvalue weighted by Crippen LogP contribution is 2.42. The van der Waals surface area contributed by atoms with Crippen LogP contribution in [0, 0.1) is 0 Å². The first-order valence-corrected chi connectivity index (χ1v) is 11.7. The Morgan fingerprint density at radius 3 is 1.63 bits per heavy atom. The molecule has 1 nitrogen and oxygen atoms in total. The van der Waals surface area contributed by atoms with Crippen LogP contribution in [0.25, 0.3) is 30.9 Å². The lowest BCUT2D eigenvalue weighted by Gasteiger charge is -2.21. The molecule has 6 rings (SSSR count). The fraction of sp³-hybridized carbons (Fsp3) is 0.0370. The Morgan fingerprint density at radius 2 is 1.03 bits per heavy atom. The molecule has 2 heterocycles. The molecule has 4 aromatic carbocycles. The van der Waals surface area contributed by atoms with Crippen molar-refractivity contribution in [3.63, 3.8) is 0 Å². The average Bonchev–Trinajstić information content (AvgIpc) is 3.41. The first kappa shape index (κ1) is 17.7. The van der Waals surface area contributed by atoms with Crippen molar-refractivity contribution < 1.29 is 0 Å². The highest BCUT2D eigenvalue weighted by Gasteiger charge is 2.16. The summed E-state index contributed by atoms with van der Waals surface area (Å²) in [5, 5.41) is 7.77. The summed E-state index contributed by atoms with van der Waals surface area (Å²) in [6.07, 6.45) is 0.